The molecule has 1 aliphatic rings. The number of carbonyl (C=O) groups is 2. The Labute approximate surface area is 181 Å². The highest BCUT2D eigenvalue weighted by Gasteiger charge is 2.24. The van der Waals surface area contributed by atoms with Crippen LogP contribution in [0.2, 0.25) is 5.02 Å². The lowest BCUT2D eigenvalue weighted by Crippen LogP contribution is -2.45. The third-order valence-electron chi connectivity index (χ3n) is 5.02. The van der Waals surface area contributed by atoms with Crippen LogP contribution in [0.5, 0.6) is 5.75 Å². The average Bonchev–Trinajstić information content (AvgIpc) is 2.76. The maximum Gasteiger partial charge on any atom is 0.313 e. The van der Waals surface area contributed by atoms with Crippen molar-refractivity contribution < 1.29 is 19.1 Å². The van der Waals surface area contributed by atoms with Gasteiger partial charge in [0, 0.05) is 25.3 Å². The number of rotatable bonds is 6. The first-order valence-corrected chi connectivity index (χ1v) is 10.2. The Morgan fingerprint density at radius 1 is 1.13 bits per heavy atom. The van der Waals surface area contributed by atoms with Crippen molar-refractivity contribution >= 4 is 29.1 Å². The van der Waals surface area contributed by atoms with Gasteiger partial charge in [0.05, 0.1) is 31.4 Å². The van der Waals surface area contributed by atoms with Crippen LogP contribution < -0.4 is 15.4 Å². The van der Waals surface area contributed by atoms with Crippen LogP contribution in [-0.2, 0) is 14.3 Å². The van der Waals surface area contributed by atoms with Gasteiger partial charge in [0.2, 0.25) is 0 Å². The summed E-state index contributed by atoms with van der Waals surface area (Å²) in [6.07, 6.45) is 0. The number of methoxy groups -OCH3 is 1. The molecule has 0 saturated carbocycles. The third kappa shape index (κ3) is 5.72. The fourth-order valence-corrected chi connectivity index (χ4v) is 3.59. The summed E-state index contributed by atoms with van der Waals surface area (Å²) in [6, 6.07) is 13.0. The van der Waals surface area contributed by atoms with Crippen LogP contribution in [0.25, 0.3) is 0 Å². The second kappa shape index (κ2) is 10.4. The zero-order valence-electron chi connectivity index (χ0n) is 17.1. The van der Waals surface area contributed by atoms with Gasteiger partial charge in [0.1, 0.15) is 5.75 Å². The van der Waals surface area contributed by atoms with Crippen molar-refractivity contribution in [2.24, 2.45) is 0 Å². The normalized spacial score (nSPS) is 15.3. The number of hydrogen-bond acceptors (Lipinski definition) is 5. The molecule has 0 unspecified atom stereocenters. The van der Waals surface area contributed by atoms with Gasteiger partial charge in [-0.1, -0.05) is 41.4 Å². The highest BCUT2D eigenvalue weighted by atomic mass is 35.5. The predicted octanol–water partition coefficient (Wildman–Crippen LogP) is 2.79. The molecule has 2 aromatic carbocycles. The van der Waals surface area contributed by atoms with Crippen LogP contribution in [0.1, 0.15) is 17.2 Å². The number of aryl methyl sites for hydroxylation is 1. The number of carbonyl (C=O) groups excluding carboxylic acids is 2. The van der Waals surface area contributed by atoms with Crippen molar-refractivity contribution in [2.75, 3.05) is 45.3 Å². The van der Waals surface area contributed by atoms with Gasteiger partial charge >= 0.3 is 11.8 Å². The fourth-order valence-electron chi connectivity index (χ4n) is 3.34. The van der Waals surface area contributed by atoms with Crippen LogP contribution in [0.15, 0.2) is 42.5 Å². The summed E-state index contributed by atoms with van der Waals surface area (Å²) in [7, 11) is 1.51. The van der Waals surface area contributed by atoms with Crippen LogP contribution in [0, 0.1) is 6.92 Å². The molecule has 2 N–H and O–H groups in total. The van der Waals surface area contributed by atoms with Gasteiger partial charge in [-0.2, -0.15) is 0 Å². The van der Waals surface area contributed by atoms with Gasteiger partial charge in [-0.15, -0.1) is 0 Å². The summed E-state index contributed by atoms with van der Waals surface area (Å²) in [6.45, 7) is 5.18. The molecule has 1 fully saturated rings. The smallest absolute Gasteiger partial charge is 0.313 e. The molecule has 3 rings (SSSR count). The minimum Gasteiger partial charge on any atom is -0.495 e. The topological polar surface area (TPSA) is 79.9 Å². The number of ether oxygens (including phenoxy) is 2. The zero-order chi connectivity index (χ0) is 21.5. The lowest BCUT2D eigenvalue weighted by atomic mass is 10.0. The number of hydrogen-bond donors (Lipinski definition) is 2. The summed E-state index contributed by atoms with van der Waals surface area (Å²) in [5, 5.41) is 5.67. The third-order valence-corrected chi connectivity index (χ3v) is 5.32. The molecule has 1 aliphatic heterocycles. The molecule has 0 aliphatic carbocycles. The summed E-state index contributed by atoms with van der Waals surface area (Å²) < 4.78 is 10.5. The van der Waals surface area contributed by atoms with Crippen molar-refractivity contribution in [1.82, 2.24) is 10.2 Å². The van der Waals surface area contributed by atoms with E-state index in [1.165, 1.54) is 18.7 Å². The van der Waals surface area contributed by atoms with E-state index in [-0.39, 0.29) is 6.04 Å². The van der Waals surface area contributed by atoms with E-state index in [1.807, 2.05) is 19.1 Å². The SMILES string of the molecule is COc1ccc(NC(=O)C(=O)NC[C@@H](c2ccc(C)cc2)N2CCOCC2)cc1Cl. The van der Waals surface area contributed by atoms with Crippen molar-refractivity contribution in [3.8, 4) is 5.75 Å². The van der Waals surface area contributed by atoms with Gasteiger partial charge in [-0.25, -0.2) is 0 Å². The van der Waals surface area contributed by atoms with Crippen molar-refractivity contribution in [1.29, 1.82) is 0 Å². The largest absolute Gasteiger partial charge is 0.495 e. The number of morpholine rings is 1. The van der Waals surface area contributed by atoms with E-state index in [4.69, 9.17) is 21.1 Å². The number of anilines is 1. The molecular weight excluding hydrogens is 406 g/mol. The Kier molecular flexibility index (Phi) is 7.68. The Bertz CT molecular complexity index is 882. The first kappa shape index (κ1) is 22.1. The summed E-state index contributed by atoms with van der Waals surface area (Å²) in [4.78, 5) is 27.0. The Balaban J connectivity index is 1.63. The summed E-state index contributed by atoms with van der Waals surface area (Å²) in [5.74, 6) is -0.959. The average molecular weight is 432 g/mol. The Hall–Kier alpha value is -2.61. The molecule has 0 spiro atoms. The van der Waals surface area contributed by atoms with E-state index in [9.17, 15) is 9.59 Å². The van der Waals surface area contributed by atoms with E-state index < -0.39 is 11.8 Å². The van der Waals surface area contributed by atoms with Crippen LogP contribution >= 0.6 is 11.6 Å². The number of nitrogens with zero attached hydrogens (tertiary/aromatic N) is 1. The predicted molar refractivity (Wildman–Crippen MR) is 116 cm³/mol. The molecule has 0 bridgehead atoms. The van der Waals surface area contributed by atoms with Crippen molar-refractivity contribution in [2.45, 2.75) is 13.0 Å². The molecular formula is C22H26ClN3O4. The molecule has 0 radical (unpaired) electrons. The van der Waals surface area contributed by atoms with Gasteiger partial charge in [0.25, 0.3) is 0 Å². The maximum atomic E-state index is 12.4. The molecule has 2 amide bonds. The van der Waals surface area contributed by atoms with Gasteiger partial charge < -0.3 is 20.1 Å². The van der Waals surface area contributed by atoms with E-state index in [1.54, 1.807) is 12.1 Å². The van der Waals surface area contributed by atoms with Gasteiger partial charge in [-0.3, -0.25) is 14.5 Å². The van der Waals surface area contributed by atoms with Crippen molar-refractivity contribution in [3.63, 3.8) is 0 Å². The highest BCUT2D eigenvalue weighted by Crippen LogP contribution is 2.27. The maximum absolute atomic E-state index is 12.4. The lowest BCUT2D eigenvalue weighted by molar-refractivity contribution is -0.136. The molecule has 8 heteroatoms. The van der Waals surface area contributed by atoms with E-state index in [0.717, 1.165) is 18.7 Å². The molecule has 160 valence electrons. The van der Waals surface area contributed by atoms with E-state index in [2.05, 4.69) is 27.7 Å². The number of benzene rings is 2. The fraction of sp³-hybridized carbons (Fsp3) is 0.364. The number of halogens is 1. The summed E-state index contributed by atoms with van der Waals surface area (Å²) >= 11 is 6.07. The molecule has 1 saturated heterocycles. The highest BCUT2D eigenvalue weighted by molar-refractivity contribution is 6.40. The monoisotopic (exact) mass is 431 g/mol. The Morgan fingerprint density at radius 3 is 2.47 bits per heavy atom. The van der Waals surface area contributed by atoms with Crippen LogP contribution in [0.4, 0.5) is 5.69 Å². The first-order chi connectivity index (χ1) is 14.5. The van der Waals surface area contributed by atoms with Gasteiger partial charge in [0.15, 0.2) is 0 Å². The van der Waals surface area contributed by atoms with Crippen molar-refractivity contribution in [3.05, 3.63) is 58.6 Å². The Morgan fingerprint density at radius 2 is 1.83 bits per heavy atom. The molecule has 30 heavy (non-hydrogen) atoms. The first-order valence-electron chi connectivity index (χ1n) is 9.79. The number of nitrogens with one attached hydrogen (secondary N) is 2. The number of amides is 2. The second-order valence-corrected chi connectivity index (χ2v) is 7.50. The second-order valence-electron chi connectivity index (χ2n) is 7.09. The zero-order valence-corrected chi connectivity index (χ0v) is 17.9. The standard InChI is InChI=1S/C22H26ClN3O4/c1-15-3-5-16(6-4-15)19(26-9-11-30-12-10-26)14-24-21(27)22(28)25-17-7-8-20(29-2)18(23)13-17/h3-8,13,19H,9-12,14H2,1-2H3,(H,24,27)(H,25,28)/t19-/m0/s1. The molecule has 2 aromatic rings. The molecule has 0 aromatic heterocycles. The van der Waals surface area contributed by atoms with Gasteiger partial charge in [-0.05, 0) is 30.7 Å². The minimum atomic E-state index is -0.749. The molecule has 7 nitrogen and oxygen atoms in total. The van der Waals surface area contributed by atoms with Crippen LogP contribution in [0.3, 0.4) is 0 Å². The van der Waals surface area contributed by atoms with E-state index in [0.29, 0.717) is 36.2 Å². The quantitative estimate of drug-likeness (QED) is 0.687. The molecule has 1 atom stereocenters. The lowest BCUT2D eigenvalue weighted by Gasteiger charge is -2.35. The minimum absolute atomic E-state index is 0.0401. The van der Waals surface area contributed by atoms with Crippen LogP contribution in [-0.4, -0.2) is 56.7 Å². The molecule has 1 heterocycles. The summed E-state index contributed by atoms with van der Waals surface area (Å²) in [5.41, 5.74) is 2.68. The van der Waals surface area contributed by atoms with E-state index >= 15 is 0 Å².